The molecule has 20 heavy (non-hydrogen) atoms. The molecule has 0 aliphatic rings. The van der Waals surface area contributed by atoms with Gasteiger partial charge in [0.25, 0.3) is 0 Å². The number of halogens is 1. The summed E-state index contributed by atoms with van der Waals surface area (Å²) >= 11 is 5.75. The highest BCUT2D eigenvalue weighted by Gasteiger charge is 2.18. The first-order chi connectivity index (χ1) is 9.47. The summed E-state index contributed by atoms with van der Waals surface area (Å²) in [5, 5.41) is 11.1. The number of hydrogen-bond donors (Lipinski definition) is 0. The van der Waals surface area contributed by atoms with Crippen LogP contribution < -0.4 is 0 Å². The van der Waals surface area contributed by atoms with E-state index < -0.39 is 4.92 Å². The van der Waals surface area contributed by atoms with E-state index in [2.05, 4.69) is 23.8 Å². The van der Waals surface area contributed by atoms with Gasteiger partial charge in [0, 0.05) is 5.56 Å². The molecule has 0 unspecified atom stereocenters. The fourth-order valence-corrected chi connectivity index (χ4v) is 2.15. The van der Waals surface area contributed by atoms with Crippen molar-refractivity contribution in [3.8, 4) is 11.3 Å². The molecule has 0 N–H and O–H groups in total. The maximum atomic E-state index is 11.1. The number of aromatic nitrogens is 2. The van der Waals surface area contributed by atoms with Gasteiger partial charge in [0.15, 0.2) is 5.69 Å². The first-order valence-corrected chi connectivity index (χ1v) is 6.61. The number of nitro groups is 1. The number of nitrogens with zero attached hydrogens (tertiary/aromatic N) is 3. The van der Waals surface area contributed by atoms with Crippen LogP contribution >= 0.6 is 11.6 Å². The Kier molecular flexibility index (Phi) is 4.29. The van der Waals surface area contributed by atoms with Crippen molar-refractivity contribution in [3.05, 3.63) is 51.4 Å². The molecule has 0 fully saturated rings. The zero-order valence-electron chi connectivity index (χ0n) is 11.2. The van der Waals surface area contributed by atoms with Crippen molar-refractivity contribution in [2.45, 2.75) is 20.3 Å². The van der Waals surface area contributed by atoms with Crippen LogP contribution in [0.15, 0.2) is 30.5 Å². The van der Waals surface area contributed by atoms with E-state index in [-0.39, 0.29) is 16.7 Å². The second kappa shape index (κ2) is 5.96. The van der Waals surface area contributed by atoms with E-state index in [1.54, 1.807) is 6.07 Å². The van der Waals surface area contributed by atoms with Gasteiger partial charge in [-0.05, 0) is 35.6 Å². The molecule has 104 valence electrons. The Morgan fingerprint density at radius 1 is 1.40 bits per heavy atom. The second-order valence-corrected chi connectivity index (χ2v) is 5.27. The summed E-state index contributed by atoms with van der Waals surface area (Å²) in [6.45, 7) is 4.24. The molecule has 2 rings (SSSR count). The van der Waals surface area contributed by atoms with Crippen LogP contribution in [0.5, 0.6) is 0 Å². The van der Waals surface area contributed by atoms with Gasteiger partial charge in [0.2, 0.25) is 5.28 Å². The zero-order valence-corrected chi connectivity index (χ0v) is 12.0. The van der Waals surface area contributed by atoms with Gasteiger partial charge in [-0.1, -0.05) is 32.0 Å². The summed E-state index contributed by atoms with van der Waals surface area (Å²) in [6.07, 6.45) is 2.04. The molecule has 1 aromatic heterocycles. The average molecular weight is 292 g/mol. The molecule has 0 amide bonds. The van der Waals surface area contributed by atoms with E-state index in [9.17, 15) is 10.1 Å². The second-order valence-electron chi connectivity index (χ2n) is 4.93. The highest BCUT2D eigenvalue weighted by atomic mass is 35.5. The molecular weight excluding hydrogens is 278 g/mol. The van der Waals surface area contributed by atoms with E-state index >= 15 is 0 Å². The quantitative estimate of drug-likeness (QED) is 0.486. The Labute approximate surface area is 121 Å². The lowest BCUT2D eigenvalue weighted by molar-refractivity contribution is -0.384. The van der Waals surface area contributed by atoms with Crippen LogP contribution in [0.2, 0.25) is 5.28 Å². The van der Waals surface area contributed by atoms with Crippen LogP contribution in [0.25, 0.3) is 11.3 Å². The van der Waals surface area contributed by atoms with Crippen molar-refractivity contribution in [1.29, 1.82) is 0 Å². The number of rotatable bonds is 4. The van der Waals surface area contributed by atoms with Gasteiger partial charge < -0.3 is 0 Å². The minimum absolute atomic E-state index is 0.000127. The van der Waals surface area contributed by atoms with Crippen LogP contribution in [0.1, 0.15) is 19.4 Å². The van der Waals surface area contributed by atoms with Gasteiger partial charge in [-0.25, -0.2) is 9.97 Å². The molecule has 0 bridgehead atoms. The van der Waals surface area contributed by atoms with Crippen LogP contribution in [-0.4, -0.2) is 14.9 Å². The fourth-order valence-electron chi connectivity index (χ4n) is 2.02. The Morgan fingerprint density at radius 3 is 2.80 bits per heavy atom. The molecule has 0 radical (unpaired) electrons. The molecule has 0 aliphatic carbocycles. The Morgan fingerprint density at radius 2 is 2.15 bits per heavy atom. The lowest BCUT2D eigenvalue weighted by Crippen LogP contribution is -1.98. The van der Waals surface area contributed by atoms with Gasteiger partial charge in [0.1, 0.15) is 6.20 Å². The maximum absolute atomic E-state index is 11.1. The smallest absolute Gasteiger partial charge is 0.258 e. The first-order valence-electron chi connectivity index (χ1n) is 6.23. The predicted molar refractivity (Wildman–Crippen MR) is 77.7 cm³/mol. The van der Waals surface area contributed by atoms with Gasteiger partial charge in [-0.15, -0.1) is 0 Å². The minimum atomic E-state index is -0.499. The lowest BCUT2D eigenvalue weighted by atomic mass is 9.99. The van der Waals surface area contributed by atoms with E-state index in [1.807, 2.05) is 18.2 Å². The Bertz CT molecular complexity index is 644. The van der Waals surface area contributed by atoms with E-state index in [0.717, 1.165) is 18.2 Å². The molecule has 5 nitrogen and oxygen atoms in total. The van der Waals surface area contributed by atoms with E-state index in [4.69, 9.17) is 11.6 Å². The molecule has 0 saturated heterocycles. The third kappa shape index (κ3) is 3.30. The van der Waals surface area contributed by atoms with Crippen LogP contribution in [0, 0.1) is 16.0 Å². The van der Waals surface area contributed by atoms with Crippen molar-refractivity contribution in [2.75, 3.05) is 0 Å². The average Bonchev–Trinajstić information content (AvgIpc) is 2.37. The van der Waals surface area contributed by atoms with Crippen molar-refractivity contribution in [3.63, 3.8) is 0 Å². The maximum Gasteiger partial charge on any atom is 0.313 e. The molecule has 0 atom stereocenters. The standard InChI is InChI=1S/C14H14ClN3O2/c1-9(2)6-10-4-3-5-11(7-10)13-12(18(19)20)8-16-14(15)17-13/h3-5,7-9H,6H2,1-2H3. The molecule has 0 aliphatic heterocycles. The van der Waals surface area contributed by atoms with Crippen LogP contribution in [-0.2, 0) is 6.42 Å². The monoisotopic (exact) mass is 291 g/mol. The fraction of sp³-hybridized carbons (Fsp3) is 0.286. The Hall–Kier alpha value is -2.01. The minimum Gasteiger partial charge on any atom is -0.258 e. The van der Waals surface area contributed by atoms with E-state index in [1.165, 1.54) is 0 Å². The van der Waals surface area contributed by atoms with Crippen LogP contribution in [0.3, 0.4) is 0 Å². The SMILES string of the molecule is CC(C)Cc1cccc(-c2nc(Cl)ncc2[N+](=O)[O-])c1. The number of benzene rings is 1. The third-order valence-corrected chi connectivity index (χ3v) is 2.96. The van der Waals surface area contributed by atoms with Gasteiger partial charge in [-0.3, -0.25) is 10.1 Å². The highest BCUT2D eigenvalue weighted by molar-refractivity contribution is 6.28. The summed E-state index contributed by atoms with van der Waals surface area (Å²) in [6, 6.07) is 7.56. The number of hydrogen-bond acceptors (Lipinski definition) is 4. The summed E-state index contributed by atoms with van der Waals surface area (Å²) < 4.78 is 0. The van der Waals surface area contributed by atoms with Crippen molar-refractivity contribution in [2.24, 2.45) is 5.92 Å². The van der Waals surface area contributed by atoms with Gasteiger partial charge >= 0.3 is 5.69 Å². The highest BCUT2D eigenvalue weighted by Crippen LogP contribution is 2.29. The lowest BCUT2D eigenvalue weighted by Gasteiger charge is -2.07. The van der Waals surface area contributed by atoms with Crippen molar-refractivity contribution >= 4 is 17.3 Å². The normalized spacial score (nSPS) is 10.8. The predicted octanol–water partition coefficient (Wildman–Crippen LogP) is 3.90. The Balaban J connectivity index is 2.50. The van der Waals surface area contributed by atoms with Crippen molar-refractivity contribution < 1.29 is 4.92 Å². The molecular formula is C14H14ClN3O2. The van der Waals surface area contributed by atoms with Gasteiger partial charge in [-0.2, -0.15) is 0 Å². The van der Waals surface area contributed by atoms with Crippen LogP contribution in [0.4, 0.5) is 5.69 Å². The zero-order chi connectivity index (χ0) is 14.7. The topological polar surface area (TPSA) is 68.9 Å². The molecule has 1 heterocycles. The molecule has 2 aromatic rings. The summed E-state index contributed by atoms with van der Waals surface area (Å²) in [5.41, 5.74) is 1.90. The summed E-state index contributed by atoms with van der Waals surface area (Å²) in [4.78, 5) is 18.2. The van der Waals surface area contributed by atoms with Crippen molar-refractivity contribution in [1.82, 2.24) is 9.97 Å². The largest absolute Gasteiger partial charge is 0.313 e. The third-order valence-electron chi connectivity index (χ3n) is 2.78. The summed E-state index contributed by atoms with van der Waals surface area (Å²) in [7, 11) is 0. The van der Waals surface area contributed by atoms with Gasteiger partial charge in [0.05, 0.1) is 4.92 Å². The summed E-state index contributed by atoms with van der Waals surface area (Å²) in [5.74, 6) is 0.509. The molecule has 1 aromatic carbocycles. The molecule has 0 saturated carbocycles. The molecule has 0 spiro atoms. The first kappa shape index (κ1) is 14.4. The van der Waals surface area contributed by atoms with E-state index in [0.29, 0.717) is 11.5 Å². The molecule has 6 heteroatoms.